The number of ether oxygens (including phenoxy) is 6. The van der Waals surface area contributed by atoms with E-state index in [9.17, 15) is 4.79 Å². The predicted molar refractivity (Wildman–Crippen MR) is 204 cm³/mol. The van der Waals surface area contributed by atoms with Gasteiger partial charge in [0.1, 0.15) is 17.8 Å². The van der Waals surface area contributed by atoms with E-state index in [1.165, 1.54) is 0 Å². The number of carbonyl (C=O) groups excluding carboxylic acids is 1. The van der Waals surface area contributed by atoms with Crippen LogP contribution in [-0.4, -0.2) is 91.3 Å². The number of benzene rings is 4. The summed E-state index contributed by atoms with van der Waals surface area (Å²) >= 11 is 0. The lowest BCUT2D eigenvalue weighted by Gasteiger charge is -2.45. The van der Waals surface area contributed by atoms with Crippen LogP contribution >= 0.6 is 0 Å². The average Bonchev–Trinajstić information content (AvgIpc) is 3.42. The molecule has 53 heavy (non-hydrogen) atoms. The molecule has 2 heterocycles. The van der Waals surface area contributed by atoms with Crippen molar-refractivity contribution < 1.29 is 33.2 Å². The molecule has 0 saturated carbocycles. The van der Waals surface area contributed by atoms with Gasteiger partial charge in [0, 0.05) is 26.2 Å². The van der Waals surface area contributed by atoms with Crippen molar-refractivity contribution in [1.82, 2.24) is 9.80 Å². The number of nitrogens with zero attached hydrogens (tertiary/aromatic N) is 2. The molecule has 6 rings (SSSR count). The van der Waals surface area contributed by atoms with E-state index in [4.69, 9.17) is 28.4 Å². The lowest BCUT2D eigenvalue weighted by atomic mass is 9.85. The zero-order valence-electron chi connectivity index (χ0n) is 31.5. The minimum Gasteiger partial charge on any atom is -0.374 e. The lowest BCUT2D eigenvalue weighted by molar-refractivity contribution is -0.250. The second kappa shape index (κ2) is 18.4. The van der Waals surface area contributed by atoms with Crippen LogP contribution in [0.15, 0.2) is 121 Å². The highest BCUT2D eigenvalue weighted by Crippen LogP contribution is 2.43. The summed E-state index contributed by atoms with van der Waals surface area (Å²) in [6.45, 7) is 9.60. The summed E-state index contributed by atoms with van der Waals surface area (Å²) in [4.78, 5) is 19.0. The van der Waals surface area contributed by atoms with Gasteiger partial charge in [-0.2, -0.15) is 0 Å². The highest BCUT2D eigenvalue weighted by molar-refractivity contribution is 5.82. The molecule has 0 N–H and O–H groups in total. The van der Waals surface area contributed by atoms with Crippen molar-refractivity contribution in [3.05, 3.63) is 144 Å². The highest BCUT2D eigenvalue weighted by atomic mass is 16.8. The molecule has 5 atom stereocenters. The lowest BCUT2D eigenvalue weighted by Crippen LogP contribution is -2.64. The fraction of sp³-hybridized carbons (Fsp3) is 0.432. The molecule has 282 valence electrons. The van der Waals surface area contributed by atoms with Crippen molar-refractivity contribution in [2.75, 3.05) is 39.8 Å². The number of hydrogen-bond acceptors (Lipinski definition) is 8. The molecule has 0 aliphatic carbocycles. The molecule has 2 saturated heterocycles. The summed E-state index contributed by atoms with van der Waals surface area (Å²) in [6.07, 6.45) is -3.37. The number of likely N-dealkylation sites (N-methyl/N-ethyl adjacent to an activating group) is 1. The van der Waals surface area contributed by atoms with Crippen LogP contribution in [0.5, 0.6) is 0 Å². The maximum Gasteiger partial charge on any atom is 0.254 e. The van der Waals surface area contributed by atoms with E-state index in [-0.39, 0.29) is 32.3 Å². The van der Waals surface area contributed by atoms with Crippen LogP contribution in [0.4, 0.5) is 0 Å². The molecule has 9 nitrogen and oxygen atoms in total. The molecule has 0 aromatic heterocycles. The van der Waals surface area contributed by atoms with Crippen molar-refractivity contribution in [3.8, 4) is 0 Å². The third-order valence-electron chi connectivity index (χ3n) is 9.99. The maximum absolute atomic E-state index is 14.9. The van der Waals surface area contributed by atoms with Crippen LogP contribution in [0.1, 0.15) is 43.0 Å². The molecule has 0 bridgehead atoms. The Hall–Kier alpha value is -3.93. The molecule has 0 spiro atoms. The first-order valence-corrected chi connectivity index (χ1v) is 18.7. The number of carbonyl (C=O) groups is 1. The van der Waals surface area contributed by atoms with E-state index >= 15 is 0 Å². The number of amides is 1. The van der Waals surface area contributed by atoms with E-state index in [1.54, 1.807) is 0 Å². The fourth-order valence-corrected chi connectivity index (χ4v) is 7.16. The summed E-state index contributed by atoms with van der Waals surface area (Å²) in [5.41, 5.74) is 2.70. The minimum absolute atomic E-state index is 0.116. The standard InChI is InChI=1S/C44H54N2O7/c1-34-44(53-43(2,3)52-34,33-48-29-35-17-9-5-10-18-35)41(51-32-38-23-15-8-16-24-38)39(49-30-36-19-11-6-12-20-36)40(50-31-37-21-13-7-14-22-37)42(47)46-27-25-45(4)26-28-46/h5-24,34,39-41H,25-33H2,1-4H3/t34-,39-,40-,41+,44-/m1/s1. The van der Waals surface area contributed by atoms with Crippen molar-refractivity contribution in [2.45, 2.75) is 83.0 Å². The first-order chi connectivity index (χ1) is 25.7. The van der Waals surface area contributed by atoms with Crippen molar-refractivity contribution >= 4 is 5.91 Å². The van der Waals surface area contributed by atoms with Gasteiger partial charge >= 0.3 is 0 Å². The molecular weight excluding hydrogens is 668 g/mol. The number of rotatable bonds is 17. The number of hydrogen-bond donors (Lipinski definition) is 0. The molecular formula is C44H54N2O7. The third-order valence-corrected chi connectivity index (χ3v) is 9.99. The van der Waals surface area contributed by atoms with Gasteiger partial charge in [0.25, 0.3) is 5.91 Å². The second-order valence-electron chi connectivity index (χ2n) is 14.5. The number of piperazine rings is 1. The second-order valence-corrected chi connectivity index (χ2v) is 14.5. The van der Waals surface area contributed by atoms with Crippen LogP contribution in [0.2, 0.25) is 0 Å². The van der Waals surface area contributed by atoms with Gasteiger partial charge in [-0.1, -0.05) is 121 Å². The van der Waals surface area contributed by atoms with Crippen LogP contribution in [-0.2, 0) is 59.6 Å². The van der Waals surface area contributed by atoms with Gasteiger partial charge in [-0.25, -0.2) is 0 Å². The summed E-state index contributed by atoms with van der Waals surface area (Å²) in [6, 6.07) is 39.9. The predicted octanol–water partition coefficient (Wildman–Crippen LogP) is 6.64. The van der Waals surface area contributed by atoms with E-state index in [2.05, 4.69) is 11.9 Å². The smallest absolute Gasteiger partial charge is 0.254 e. The zero-order chi connectivity index (χ0) is 37.1. The van der Waals surface area contributed by atoms with Crippen molar-refractivity contribution in [1.29, 1.82) is 0 Å². The molecule has 2 aliphatic rings. The van der Waals surface area contributed by atoms with Gasteiger partial charge in [-0.3, -0.25) is 4.79 Å². The van der Waals surface area contributed by atoms with E-state index in [0.29, 0.717) is 19.7 Å². The SMILES string of the molecule is C[C@H]1OC(C)(C)O[C@@]1(COCc1ccccc1)[C@@H](OCc1ccccc1)[C@H](OCc1ccccc1)[C@@H](OCc1ccccc1)C(=O)N1CCN(C)CC1. The van der Waals surface area contributed by atoms with Gasteiger partial charge in [0.15, 0.2) is 11.9 Å². The quantitative estimate of drug-likeness (QED) is 0.120. The van der Waals surface area contributed by atoms with Gasteiger partial charge in [0.05, 0.1) is 39.1 Å². The highest BCUT2D eigenvalue weighted by Gasteiger charge is 2.61. The topological polar surface area (TPSA) is 78.9 Å². The summed E-state index contributed by atoms with van der Waals surface area (Å²) in [7, 11) is 2.07. The van der Waals surface area contributed by atoms with E-state index in [0.717, 1.165) is 35.3 Å². The largest absolute Gasteiger partial charge is 0.374 e. The van der Waals surface area contributed by atoms with Crippen LogP contribution in [0.25, 0.3) is 0 Å². The first-order valence-electron chi connectivity index (χ1n) is 18.7. The van der Waals surface area contributed by atoms with Crippen LogP contribution < -0.4 is 0 Å². The molecule has 9 heteroatoms. The molecule has 2 aliphatic heterocycles. The fourth-order valence-electron chi connectivity index (χ4n) is 7.16. The molecule has 0 unspecified atom stereocenters. The molecule has 4 aromatic carbocycles. The maximum atomic E-state index is 14.9. The van der Waals surface area contributed by atoms with Crippen LogP contribution in [0.3, 0.4) is 0 Å². The van der Waals surface area contributed by atoms with Gasteiger partial charge < -0.3 is 38.2 Å². The summed E-state index contributed by atoms with van der Waals surface area (Å²) < 4.78 is 40.9. The summed E-state index contributed by atoms with van der Waals surface area (Å²) in [5.74, 6) is -1.12. The Morgan fingerprint density at radius 2 is 1.13 bits per heavy atom. The Balaban J connectivity index is 1.43. The van der Waals surface area contributed by atoms with Crippen LogP contribution in [0, 0.1) is 0 Å². The molecule has 4 aromatic rings. The molecule has 0 radical (unpaired) electrons. The first kappa shape index (κ1) is 38.8. The molecule has 1 amide bonds. The van der Waals surface area contributed by atoms with Crippen molar-refractivity contribution in [2.24, 2.45) is 0 Å². The van der Waals surface area contributed by atoms with Gasteiger partial charge in [-0.05, 0) is 50.1 Å². The van der Waals surface area contributed by atoms with E-state index < -0.39 is 35.8 Å². The Labute approximate surface area is 314 Å². The Kier molecular flexibility index (Phi) is 13.5. The normalized spacial score (nSPS) is 22.0. The minimum atomic E-state index is -1.20. The Morgan fingerprint density at radius 3 is 1.60 bits per heavy atom. The van der Waals surface area contributed by atoms with Crippen molar-refractivity contribution in [3.63, 3.8) is 0 Å². The Morgan fingerprint density at radius 1 is 0.679 bits per heavy atom. The third kappa shape index (κ3) is 10.4. The van der Waals surface area contributed by atoms with Gasteiger partial charge in [-0.15, -0.1) is 0 Å². The average molecular weight is 723 g/mol. The molecule has 2 fully saturated rings. The zero-order valence-corrected chi connectivity index (χ0v) is 31.5. The van der Waals surface area contributed by atoms with E-state index in [1.807, 2.05) is 147 Å². The van der Waals surface area contributed by atoms with Gasteiger partial charge in [0.2, 0.25) is 0 Å². The monoisotopic (exact) mass is 722 g/mol. The Bertz CT molecular complexity index is 1670. The summed E-state index contributed by atoms with van der Waals surface area (Å²) in [5, 5.41) is 0.